The molecule has 1 aliphatic carbocycles. The second-order valence-electron chi connectivity index (χ2n) is 5.30. The Kier molecular flexibility index (Phi) is 4.91. The van der Waals surface area contributed by atoms with Crippen molar-refractivity contribution in [3.05, 3.63) is 22.1 Å². The van der Waals surface area contributed by atoms with Crippen LogP contribution in [0.4, 0.5) is 0 Å². The van der Waals surface area contributed by atoms with E-state index in [1.807, 2.05) is 0 Å². The highest BCUT2D eigenvalue weighted by Gasteiger charge is 2.34. The van der Waals surface area contributed by atoms with Gasteiger partial charge < -0.3 is 9.47 Å². The molecule has 0 amide bonds. The molecular weight excluding hydrogens is 344 g/mol. The number of hydrogen-bond acceptors (Lipinski definition) is 4. The molecule has 2 aliphatic heterocycles. The Hall–Kier alpha value is -0.230. The third kappa shape index (κ3) is 3.16. The lowest BCUT2D eigenvalue weighted by atomic mass is 10.0. The molecule has 1 fully saturated rings. The summed E-state index contributed by atoms with van der Waals surface area (Å²) in [6, 6.07) is 0.308. The van der Waals surface area contributed by atoms with Gasteiger partial charge in [-0.2, -0.15) is 0 Å². The van der Waals surface area contributed by atoms with Crippen LogP contribution >= 0.6 is 27.5 Å². The molecule has 3 aliphatic rings. The highest BCUT2D eigenvalue weighted by Crippen LogP contribution is 2.34. The Balaban J connectivity index is 1.68. The van der Waals surface area contributed by atoms with Gasteiger partial charge in [0.1, 0.15) is 13.2 Å². The van der Waals surface area contributed by atoms with Crippen molar-refractivity contribution in [2.24, 2.45) is 0 Å². The number of ether oxygens (including phenoxy) is 2. The summed E-state index contributed by atoms with van der Waals surface area (Å²) in [5.74, 6) is 2.64. The van der Waals surface area contributed by atoms with Crippen molar-refractivity contribution in [3.8, 4) is 0 Å². The number of nitrogens with zero attached hydrogens (tertiary/aromatic N) is 2. The first-order valence-electron chi connectivity index (χ1n) is 7.16. The second kappa shape index (κ2) is 6.69. The number of halogens is 2. The van der Waals surface area contributed by atoms with Gasteiger partial charge in [-0.3, -0.25) is 9.80 Å². The fourth-order valence-electron chi connectivity index (χ4n) is 3.01. The second-order valence-corrected chi connectivity index (χ2v) is 6.70. The average Bonchev–Trinajstić information content (AvgIpc) is 2.47. The maximum atomic E-state index is 5.88. The van der Waals surface area contributed by atoms with Gasteiger partial charge in [-0.15, -0.1) is 11.6 Å². The lowest BCUT2D eigenvalue weighted by Crippen LogP contribution is -2.52. The molecule has 0 saturated carbocycles. The van der Waals surface area contributed by atoms with Crippen molar-refractivity contribution in [2.45, 2.75) is 12.5 Å². The predicted octanol–water partition coefficient (Wildman–Crippen LogP) is 2.15. The molecule has 1 atom stereocenters. The topological polar surface area (TPSA) is 24.9 Å². The molecule has 4 nitrogen and oxygen atoms in total. The van der Waals surface area contributed by atoms with Crippen molar-refractivity contribution < 1.29 is 9.47 Å². The van der Waals surface area contributed by atoms with Crippen molar-refractivity contribution in [1.29, 1.82) is 0 Å². The predicted molar refractivity (Wildman–Crippen MR) is 83.1 cm³/mol. The molecule has 2 heterocycles. The van der Waals surface area contributed by atoms with Gasteiger partial charge in [0.15, 0.2) is 11.5 Å². The van der Waals surface area contributed by atoms with Gasteiger partial charge in [-0.25, -0.2) is 0 Å². The Bertz CT molecular complexity index is 419. The summed E-state index contributed by atoms with van der Waals surface area (Å²) in [5, 5.41) is 0. The summed E-state index contributed by atoms with van der Waals surface area (Å²) in [5.41, 5.74) is 0. The monoisotopic (exact) mass is 362 g/mol. The van der Waals surface area contributed by atoms with Crippen LogP contribution in [0.3, 0.4) is 0 Å². The maximum Gasteiger partial charge on any atom is 0.159 e. The first kappa shape index (κ1) is 14.7. The van der Waals surface area contributed by atoms with Crippen molar-refractivity contribution in [1.82, 2.24) is 9.80 Å². The van der Waals surface area contributed by atoms with Gasteiger partial charge in [0.25, 0.3) is 0 Å². The highest BCUT2D eigenvalue weighted by molar-refractivity contribution is 9.11. The van der Waals surface area contributed by atoms with Gasteiger partial charge in [0.05, 0.1) is 6.04 Å². The van der Waals surface area contributed by atoms with Crippen LogP contribution in [0.25, 0.3) is 0 Å². The zero-order valence-corrected chi connectivity index (χ0v) is 13.8. The highest BCUT2D eigenvalue weighted by atomic mass is 79.9. The number of piperazine rings is 1. The Morgan fingerprint density at radius 2 is 1.95 bits per heavy atom. The van der Waals surface area contributed by atoms with E-state index in [-0.39, 0.29) is 0 Å². The molecule has 112 valence electrons. The molecule has 0 aromatic rings. The lowest BCUT2D eigenvalue weighted by Gasteiger charge is -2.41. The number of rotatable bonds is 3. The van der Waals surface area contributed by atoms with Gasteiger partial charge in [-0.1, -0.05) is 15.9 Å². The largest absolute Gasteiger partial charge is 0.489 e. The van der Waals surface area contributed by atoms with Gasteiger partial charge in [0.2, 0.25) is 0 Å². The third-order valence-electron chi connectivity index (χ3n) is 4.07. The minimum absolute atomic E-state index is 0.308. The summed E-state index contributed by atoms with van der Waals surface area (Å²) in [6.07, 6.45) is 3.02. The van der Waals surface area contributed by atoms with Crippen LogP contribution in [0.2, 0.25) is 0 Å². The summed E-state index contributed by atoms with van der Waals surface area (Å²) in [4.78, 5) is 4.92. The van der Waals surface area contributed by atoms with E-state index in [9.17, 15) is 0 Å². The Morgan fingerprint density at radius 3 is 2.70 bits per heavy atom. The van der Waals surface area contributed by atoms with Crippen LogP contribution in [0.5, 0.6) is 0 Å². The first-order chi connectivity index (χ1) is 9.78. The third-order valence-corrected chi connectivity index (χ3v) is 4.79. The fraction of sp³-hybridized carbons (Fsp3) is 0.714. The maximum absolute atomic E-state index is 5.88. The standard InChI is InChI=1S/C14H20BrClN2O2/c15-11-9-12(14-13(10-11)19-7-8-20-14)18-5-3-17(2-1-16)4-6-18/h10,12H,1-9H2. The summed E-state index contributed by atoms with van der Waals surface area (Å²) < 4.78 is 12.8. The molecule has 20 heavy (non-hydrogen) atoms. The molecule has 1 unspecified atom stereocenters. The molecule has 3 rings (SSSR count). The van der Waals surface area contributed by atoms with E-state index in [1.54, 1.807) is 0 Å². The minimum atomic E-state index is 0.308. The van der Waals surface area contributed by atoms with Crippen LogP contribution in [0.1, 0.15) is 6.42 Å². The van der Waals surface area contributed by atoms with E-state index < -0.39 is 0 Å². The van der Waals surface area contributed by atoms with Crippen LogP contribution in [0, 0.1) is 0 Å². The lowest BCUT2D eigenvalue weighted by molar-refractivity contribution is 0.0215. The molecule has 0 radical (unpaired) electrons. The van der Waals surface area contributed by atoms with E-state index in [0.29, 0.717) is 25.1 Å². The van der Waals surface area contributed by atoms with Crippen molar-refractivity contribution in [2.75, 3.05) is 51.8 Å². The molecule has 6 heteroatoms. The molecular formula is C14H20BrClN2O2. The smallest absolute Gasteiger partial charge is 0.159 e. The van der Waals surface area contributed by atoms with E-state index in [0.717, 1.165) is 50.7 Å². The zero-order valence-electron chi connectivity index (χ0n) is 11.5. The number of alkyl halides is 1. The fourth-order valence-corrected chi connectivity index (χ4v) is 3.76. The van der Waals surface area contributed by atoms with Crippen LogP contribution in [0.15, 0.2) is 22.1 Å². The van der Waals surface area contributed by atoms with E-state index in [1.165, 1.54) is 4.48 Å². The van der Waals surface area contributed by atoms with Gasteiger partial charge in [-0.05, 0) is 6.08 Å². The van der Waals surface area contributed by atoms with Crippen molar-refractivity contribution in [3.63, 3.8) is 0 Å². The summed E-state index contributed by atoms with van der Waals surface area (Å²) >= 11 is 9.45. The molecule has 0 aromatic heterocycles. The normalized spacial score (nSPS) is 28.5. The van der Waals surface area contributed by atoms with Gasteiger partial charge >= 0.3 is 0 Å². The minimum Gasteiger partial charge on any atom is -0.489 e. The SMILES string of the molecule is ClCCN1CCN(C2CC(Br)=CC3=C2OCCO3)CC1. The number of hydrogen-bond donors (Lipinski definition) is 0. The molecule has 0 N–H and O–H groups in total. The van der Waals surface area contributed by atoms with Crippen molar-refractivity contribution >= 4 is 27.5 Å². The quantitative estimate of drug-likeness (QED) is 0.717. The zero-order chi connectivity index (χ0) is 13.9. The molecule has 0 spiro atoms. The van der Waals surface area contributed by atoms with Gasteiger partial charge in [0, 0.05) is 49.5 Å². The molecule has 1 saturated heterocycles. The molecule has 0 bridgehead atoms. The summed E-state index contributed by atoms with van der Waals surface area (Å²) in [7, 11) is 0. The molecule has 0 aromatic carbocycles. The van der Waals surface area contributed by atoms with Crippen LogP contribution in [-0.2, 0) is 9.47 Å². The Morgan fingerprint density at radius 1 is 1.20 bits per heavy atom. The van der Waals surface area contributed by atoms with Crippen LogP contribution in [-0.4, -0.2) is 67.7 Å². The summed E-state index contributed by atoms with van der Waals surface area (Å²) in [6.45, 7) is 6.56. The number of allylic oxidation sites excluding steroid dienone is 1. The average molecular weight is 364 g/mol. The van der Waals surface area contributed by atoms with Crippen LogP contribution < -0.4 is 0 Å². The Labute approximate surface area is 133 Å². The van der Waals surface area contributed by atoms with E-state index >= 15 is 0 Å². The van der Waals surface area contributed by atoms with E-state index in [2.05, 4.69) is 31.8 Å². The van der Waals surface area contributed by atoms with E-state index in [4.69, 9.17) is 21.1 Å². The first-order valence-corrected chi connectivity index (χ1v) is 8.49.